The molecule has 0 radical (unpaired) electrons. The number of benzene rings is 1. The van der Waals surface area contributed by atoms with Gasteiger partial charge in [-0.05, 0) is 11.6 Å². The molecule has 0 aliphatic carbocycles. The standard InChI is InChI=1S/C8H4Cl2FN/c9-7-5(3-4-12)1-2-6(11)8(7)10/h1-2H,3H2. The minimum absolute atomic E-state index is 0.121. The molecule has 1 aromatic rings. The summed E-state index contributed by atoms with van der Waals surface area (Å²) >= 11 is 11.2. The Morgan fingerprint density at radius 1 is 1.33 bits per heavy atom. The molecule has 1 rings (SSSR count). The highest BCUT2D eigenvalue weighted by Gasteiger charge is 2.08. The average Bonchev–Trinajstić information content (AvgIpc) is 2.07. The lowest BCUT2D eigenvalue weighted by atomic mass is 10.2. The van der Waals surface area contributed by atoms with Gasteiger partial charge in [-0.3, -0.25) is 0 Å². The van der Waals surface area contributed by atoms with Gasteiger partial charge in [0.2, 0.25) is 0 Å². The van der Waals surface area contributed by atoms with Gasteiger partial charge in [-0.1, -0.05) is 29.3 Å². The maximum Gasteiger partial charge on any atom is 0.143 e. The number of hydrogen-bond donors (Lipinski definition) is 0. The Bertz CT molecular complexity index is 344. The number of rotatable bonds is 1. The molecule has 0 amide bonds. The summed E-state index contributed by atoms with van der Waals surface area (Å²) in [7, 11) is 0. The Kier molecular flexibility index (Phi) is 2.91. The molecule has 0 atom stereocenters. The largest absolute Gasteiger partial charge is 0.205 e. The SMILES string of the molecule is N#CCc1ccc(F)c(Cl)c1Cl. The van der Waals surface area contributed by atoms with Gasteiger partial charge in [0.05, 0.1) is 22.5 Å². The second-order valence-corrected chi connectivity index (χ2v) is 2.93. The molecule has 0 aliphatic heterocycles. The smallest absolute Gasteiger partial charge is 0.143 e. The van der Waals surface area contributed by atoms with Crippen LogP contribution in [-0.4, -0.2) is 0 Å². The Labute approximate surface area is 79.3 Å². The maximum absolute atomic E-state index is 12.7. The van der Waals surface area contributed by atoms with Crippen LogP contribution in [-0.2, 0) is 6.42 Å². The zero-order chi connectivity index (χ0) is 9.14. The highest BCUT2D eigenvalue weighted by molar-refractivity contribution is 6.42. The van der Waals surface area contributed by atoms with Gasteiger partial charge in [0.1, 0.15) is 5.82 Å². The third-order valence-electron chi connectivity index (χ3n) is 1.38. The van der Waals surface area contributed by atoms with Gasteiger partial charge in [0.15, 0.2) is 0 Å². The monoisotopic (exact) mass is 203 g/mol. The van der Waals surface area contributed by atoms with Crippen molar-refractivity contribution in [3.8, 4) is 6.07 Å². The third kappa shape index (κ3) is 1.69. The van der Waals surface area contributed by atoms with Crippen molar-refractivity contribution in [2.45, 2.75) is 6.42 Å². The summed E-state index contributed by atoms with van der Waals surface area (Å²) in [5.41, 5.74) is 0.547. The van der Waals surface area contributed by atoms with Crippen molar-refractivity contribution in [3.05, 3.63) is 33.6 Å². The Balaban J connectivity index is 3.19. The summed E-state index contributed by atoms with van der Waals surface area (Å²) in [6, 6.07) is 4.55. The van der Waals surface area contributed by atoms with E-state index in [2.05, 4.69) is 0 Å². The number of halogens is 3. The van der Waals surface area contributed by atoms with Gasteiger partial charge >= 0.3 is 0 Å². The molecule has 0 aliphatic rings. The fourth-order valence-corrected chi connectivity index (χ4v) is 1.19. The fourth-order valence-electron chi connectivity index (χ4n) is 0.788. The molecule has 4 heteroatoms. The molecule has 0 aromatic heterocycles. The first-order valence-electron chi connectivity index (χ1n) is 3.16. The molecule has 0 saturated carbocycles. The summed E-state index contributed by atoms with van der Waals surface area (Å²) in [4.78, 5) is 0. The van der Waals surface area contributed by atoms with Crippen LogP contribution in [0.1, 0.15) is 5.56 Å². The summed E-state index contributed by atoms with van der Waals surface area (Å²) in [6.07, 6.45) is 0.138. The van der Waals surface area contributed by atoms with Crippen LogP contribution in [0.2, 0.25) is 10.0 Å². The van der Waals surface area contributed by atoms with Crippen molar-refractivity contribution in [1.29, 1.82) is 5.26 Å². The van der Waals surface area contributed by atoms with E-state index < -0.39 is 5.82 Å². The van der Waals surface area contributed by atoms with Crippen LogP contribution in [0.15, 0.2) is 12.1 Å². The van der Waals surface area contributed by atoms with E-state index in [0.717, 1.165) is 0 Å². The molecule has 1 aromatic carbocycles. The normalized spacial score (nSPS) is 9.50. The van der Waals surface area contributed by atoms with Crippen LogP contribution in [0.3, 0.4) is 0 Å². The van der Waals surface area contributed by atoms with Crippen molar-refractivity contribution < 1.29 is 4.39 Å². The van der Waals surface area contributed by atoms with Crippen LogP contribution < -0.4 is 0 Å². The summed E-state index contributed by atoms with van der Waals surface area (Å²) in [5.74, 6) is -0.566. The topological polar surface area (TPSA) is 23.8 Å². The summed E-state index contributed by atoms with van der Waals surface area (Å²) < 4.78 is 12.7. The summed E-state index contributed by atoms with van der Waals surface area (Å²) in [5, 5.41) is 8.36. The lowest BCUT2D eigenvalue weighted by Crippen LogP contribution is -1.87. The van der Waals surface area contributed by atoms with E-state index in [1.807, 2.05) is 6.07 Å². The molecule has 0 saturated heterocycles. The zero-order valence-electron chi connectivity index (χ0n) is 5.94. The molecule has 0 spiro atoms. The molecule has 12 heavy (non-hydrogen) atoms. The molecule has 0 fully saturated rings. The minimum atomic E-state index is -0.566. The number of nitriles is 1. The number of nitrogens with zero attached hydrogens (tertiary/aromatic N) is 1. The van der Waals surface area contributed by atoms with Crippen molar-refractivity contribution in [2.24, 2.45) is 0 Å². The Hall–Kier alpha value is -0.780. The van der Waals surface area contributed by atoms with Crippen LogP contribution in [0.25, 0.3) is 0 Å². The quantitative estimate of drug-likeness (QED) is 0.644. The first-order chi connectivity index (χ1) is 5.66. The van der Waals surface area contributed by atoms with E-state index >= 15 is 0 Å². The Morgan fingerprint density at radius 3 is 2.58 bits per heavy atom. The van der Waals surface area contributed by atoms with Gasteiger partial charge < -0.3 is 0 Å². The molecular formula is C8H4Cl2FN. The van der Waals surface area contributed by atoms with E-state index in [9.17, 15) is 4.39 Å². The third-order valence-corrected chi connectivity index (χ3v) is 2.28. The van der Waals surface area contributed by atoms with E-state index in [1.54, 1.807) is 0 Å². The molecule has 1 nitrogen and oxygen atoms in total. The highest BCUT2D eigenvalue weighted by atomic mass is 35.5. The zero-order valence-corrected chi connectivity index (χ0v) is 7.45. The molecule has 0 N–H and O–H groups in total. The van der Waals surface area contributed by atoms with Crippen molar-refractivity contribution in [1.82, 2.24) is 0 Å². The van der Waals surface area contributed by atoms with Crippen molar-refractivity contribution >= 4 is 23.2 Å². The van der Waals surface area contributed by atoms with Gasteiger partial charge in [-0.2, -0.15) is 5.26 Å². The maximum atomic E-state index is 12.7. The van der Waals surface area contributed by atoms with Crippen molar-refractivity contribution in [3.63, 3.8) is 0 Å². The Morgan fingerprint density at radius 2 is 2.00 bits per heavy atom. The predicted molar refractivity (Wildman–Crippen MR) is 45.7 cm³/mol. The van der Waals surface area contributed by atoms with Crippen LogP contribution in [0.5, 0.6) is 0 Å². The minimum Gasteiger partial charge on any atom is -0.205 e. The van der Waals surface area contributed by atoms with Crippen molar-refractivity contribution in [2.75, 3.05) is 0 Å². The number of hydrogen-bond acceptors (Lipinski definition) is 1. The van der Waals surface area contributed by atoms with E-state index in [4.69, 9.17) is 28.5 Å². The predicted octanol–water partition coefficient (Wildman–Crippen LogP) is 3.20. The fraction of sp³-hybridized carbons (Fsp3) is 0.125. The van der Waals surface area contributed by atoms with Gasteiger partial charge in [0, 0.05) is 0 Å². The average molecular weight is 204 g/mol. The molecule has 0 bridgehead atoms. The second kappa shape index (κ2) is 3.75. The van der Waals surface area contributed by atoms with E-state index in [0.29, 0.717) is 5.56 Å². The van der Waals surface area contributed by atoms with E-state index in [1.165, 1.54) is 12.1 Å². The summed E-state index contributed by atoms with van der Waals surface area (Å²) in [6.45, 7) is 0. The highest BCUT2D eigenvalue weighted by Crippen LogP contribution is 2.28. The molecule has 62 valence electrons. The molecular weight excluding hydrogens is 200 g/mol. The first-order valence-corrected chi connectivity index (χ1v) is 3.91. The van der Waals surface area contributed by atoms with Gasteiger partial charge in [0.25, 0.3) is 0 Å². The molecule has 0 unspecified atom stereocenters. The van der Waals surface area contributed by atoms with E-state index in [-0.39, 0.29) is 16.5 Å². The van der Waals surface area contributed by atoms with Gasteiger partial charge in [-0.15, -0.1) is 0 Å². The van der Waals surface area contributed by atoms with Gasteiger partial charge in [-0.25, -0.2) is 4.39 Å². The van der Waals surface area contributed by atoms with Crippen LogP contribution in [0, 0.1) is 17.1 Å². The lowest BCUT2D eigenvalue weighted by Gasteiger charge is -2.01. The van der Waals surface area contributed by atoms with Crippen LogP contribution >= 0.6 is 23.2 Å². The van der Waals surface area contributed by atoms with Crippen LogP contribution in [0.4, 0.5) is 4.39 Å². The lowest BCUT2D eigenvalue weighted by molar-refractivity contribution is 0.628. The first kappa shape index (κ1) is 9.31. The second-order valence-electron chi connectivity index (χ2n) is 2.17. The molecule has 0 heterocycles.